The van der Waals surface area contributed by atoms with Crippen LogP contribution in [-0.2, 0) is 11.3 Å². The van der Waals surface area contributed by atoms with Crippen molar-refractivity contribution < 1.29 is 4.74 Å². The van der Waals surface area contributed by atoms with Gasteiger partial charge in [0.2, 0.25) is 0 Å². The molecule has 0 bridgehead atoms. The molecule has 2 rings (SSSR count). The number of rotatable bonds is 4. The average molecular weight is 248 g/mol. The summed E-state index contributed by atoms with van der Waals surface area (Å²) in [7, 11) is 0. The minimum absolute atomic E-state index is 0.334. The third-order valence-electron chi connectivity index (χ3n) is 3.26. The Hall–Kier alpha value is -1.06. The molecule has 1 saturated heterocycles. The van der Waals surface area contributed by atoms with Gasteiger partial charge >= 0.3 is 0 Å². The average Bonchev–Trinajstić information content (AvgIpc) is 2.37. The zero-order valence-electron chi connectivity index (χ0n) is 11.6. The van der Waals surface area contributed by atoms with E-state index >= 15 is 0 Å². The number of benzene rings is 1. The molecular weight excluding hydrogens is 224 g/mol. The van der Waals surface area contributed by atoms with E-state index in [9.17, 15) is 0 Å². The molecule has 3 heteroatoms. The number of morpholine rings is 1. The highest BCUT2D eigenvalue weighted by Gasteiger charge is 2.16. The molecule has 18 heavy (non-hydrogen) atoms. The summed E-state index contributed by atoms with van der Waals surface area (Å²) in [6.45, 7) is 10.2. The van der Waals surface area contributed by atoms with Crippen LogP contribution in [0.4, 0.5) is 5.69 Å². The smallest absolute Gasteiger partial charge is 0.0722 e. The Morgan fingerprint density at radius 2 is 2.06 bits per heavy atom. The van der Waals surface area contributed by atoms with Gasteiger partial charge in [0.05, 0.1) is 12.7 Å². The van der Waals surface area contributed by atoms with E-state index in [0.29, 0.717) is 12.1 Å². The van der Waals surface area contributed by atoms with E-state index in [1.807, 2.05) is 0 Å². The Morgan fingerprint density at radius 3 is 2.67 bits per heavy atom. The molecule has 1 aliphatic heterocycles. The van der Waals surface area contributed by atoms with Gasteiger partial charge in [0.15, 0.2) is 0 Å². The van der Waals surface area contributed by atoms with Crippen molar-refractivity contribution in [3.8, 4) is 0 Å². The van der Waals surface area contributed by atoms with Crippen LogP contribution in [0, 0.1) is 0 Å². The monoisotopic (exact) mass is 248 g/mol. The summed E-state index contributed by atoms with van der Waals surface area (Å²) in [5, 5.41) is 3.43. The maximum atomic E-state index is 5.57. The molecule has 0 amide bonds. The summed E-state index contributed by atoms with van der Waals surface area (Å²) < 4.78 is 5.57. The summed E-state index contributed by atoms with van der Waals surface area (Å²) in [6, 6.07) is 9.39. The summed E-state index contributed by atoms with van der Waals surface area (Å²) in [6.07, 6.45) is 0.334. The lowest BCUT2D eigenvalue weighted by Gasteiger charge is -2.33. The highest BCUT2D eigenvalue weighted by Crippen LogP contribution is 2.18. The van der Waals surface area contributed by atoms with Gasteiger partial charge in [-0.15, -0.1) is 0 Å². The van der Waals surface area contributed by atoms with Gasteiger partial charge in [-0.3, -0.25) is 0 Å². The minimum atomic E-state index is 0.334. The molecule has 3 nitrogen and oxygen atoms in total. The van der Waals surface area contributed by atoms with Gasteiger partial charge in [-0.05, 0) is 24.6 Å². The van der Waals surface area contributed by atoms with E-state index in [1.54, 1.807) is 0 Å². The second-order valence-corrected chi connectivity index (χ2v) is 5.33. The van der Waals surface area contributed by atoms with Gasteiger partial charge in [0.1, 0.15) is 0 Å². The molecule has 0 saturated carbocycles. The van der Waals surface area contributed by atoms with Gasteiger partial charge in [0.25, 0.3) is 0 Å². The van der Waals surface area contributed by atoms with Crippen LogP contribution in [0.25, 0.3) is 0 Å². The number of ether oxygens (including phenoxy) is 1. The third kappa shape index (κ3) is 3.72. The van der Waals surface area contributed by atoms with Crippen molar-refractivity contribution in [2.45, 2.75) is 39.5 Å². The van der Waals surface area contributed by atoms with Gasteiger partial charge in [-0.1, -0.05) is 26.0 Å². The molecule has 0 aliphatic carbocycles. The van der Waals surface area contributed by atoms with E-state index in [-0.39, 0.29) is 0 Å². The Morgan fingerprint density at radius 1 is 1.33 bits per heavy atom. The van der Waals surface area contributed by atoms with Crippen molar-refractivity contribution in [3.05, 3.63) is 29.8 Å². The van der Waals surface area contributed by atoms with Crippen molar-refractivity contribution in [2.24, 2.45) is 0 Å². The van der Waals surface area contributed by atoms with E-state index in [1.165, 1.54) is 11.3 Å². The first-order valence-corrected chi connectivity index (χ1v) is 6.84. The van der Waals surface area contributed by atoms with Gasteiger partial charge in [-0.25, -0.2) is 0 Å². The van der Waals surface area contributed by atoms with Crippen LogP contribution < -0.4 is 10.2 Å². The lowest BCUT2D eigenvalue weighted by molar-refractivity contribution is 0.0532. The lowest BCUT2D eigenvalue weighted by atomic mass is 10.1. The quantitative estimate of drug-likeness (QED) is 0.885. The Balaban J connectivity index is 1.94. The molecule has 0 radical (unpaired) electrons. The molecule has 1 N–H and O–H groups in total. The Bertz CT molecular complexity index is 361. The second-order valence-electron chi connectivity index (χ2n) is 5.33. The first-order chi connectivity index (χ1) is 8.65. The third-order valence-corrected chi connectivity index (χ3v) is 3.26. The number of hydrogen-bond donors (Lipinski definition) is 1. The fourth-order valence-corrected chi connectivity index (χ4v) is 2.20. The SMILES string of the molecule is CC(C)NCc1ccc(N2CCOC(C)C2)cc1. The van der Waals surface area contributed by atoms with E-state index in [2.05, 4.69) is 55.3 Å². The maximum absolute atomic E-state index is 5.57. The summed E-state index contributed by atoms with van der Waals surface area (Å²) in [4.78, 5) is 2.40. The van der Waals surface area contributed by atoms with Crippen LogP contribution >= 0.6 is 0 Å². The standard InChI is InChI=1S/C15H24N2O/c1-12(2)16-10-14-4-6-15(7-5-14)17-8-9-18-13(3)11-17/h4-7,12-13,16H,8-11H2,1-3H3. The predicted molar refractivity (Wildman–Crippen MR) is 76.0 cm³/mol. The molecule has 0 aromatic heterocycles. The zero-order valence-corrected chi connectivity index (χ0v) is 11.6. The number of nitrogens with zero attached hydrogens (tertiary/aromatic N) is 1. The van der Waals surface area contributed by atoms with Gasteiger partial charge in [0, 0.05) is 31.4 Å². The molecule has 1 fully saturated rings. The molecule has 100 valence electrons. The fraction of sp³-hybridized carbons (Fsp3) is 0.600. The van der Waals surface area contributed by atoms with Crippen molar-refractivity contribution >= 4 is 5.69 Å². The van der Waals surface area contributed by atoms with Crippen LogP contribution in [0.3, 0.4) is 0 Å². The van der Waals surface area contributed by atoms with E-state index in [0.717, 1.165) is 26.2 Å². The maximum Gasteiger partial charge on any atom is 0.0722 e. The predicted octanol–water partition coefficient (Wildman–Crippen LogP) is 2.41. The topological polar surface area (TPSA) is 24.5 Å². The van der Waals surface area contributed by atoms with Crippen LogP contribution in [0.1, 0.15) is 26.3 Å². The number of anilines is 1. The molecule has 0 spiro atoms. The normalized spacial score (nSPS) is 20.4. The lowest BCUT2D eigenvalue weighted by Crippen LogP contribution is -2.41. The Labute approximate surface area is 110 Å². The molecule has 1 atom stereocenters. The van der Waals surface area contributed by atoms with Crippen molar-refractivity contribution in [3.63, 3.8) is 0 Å². The first-order valence-electron chi connectivity index (χ1n) is 6.84. The molecule has 1 unspecified atom stereocenters. The molecule has 1 aliphatic rings. The van der Waals surface area contributed by atoms with Crippen LogP contribution in [0.5, 0.6) is 0 Å². The number of nitrogens with one attached hydrogen (secondary N) is 1. The van der Waals surface area contributed by atoms with Crippen LogP contribution in [0.15, 0.2) is 24.3 Å². The largest absolute Gasteiger partial charge is 0.375 e. The summed E-state index contributed by atoms with van der Waals surface area (Å²) in [5.74, 6) is 0. The molecule has 1 aromatic carbocycles. The van der Waals surface area contributed by atoms with E-state index < -0.39 is 0 Å². The van der Waals surface area contributed by atoms with Crippen molar-refractivity contribution in [1.82, 2.24) is 5.32 Å². The minimum Gasteiger partial charge on any atom is -0.375 e. The van der Waals surface area contributed by atoms with Gasteiger partial charge < -0.3 is 15.0 Å². The highest BCUT2D eigenvalue weighted by molar-refractivity contribution is 5.48. The summed E-state index contributed by atoms with van der Waals surface area (Å²) >= 11 is 0. The molecule has 1 aromatic rings. The van der Waals surface area contributed by atoms with Crippen molar-refractivity contribution in [1.29, 1.82) is 0 Å². The van der Waals surface area contributed by atoms with E-state index in [4.69, 9.17) is 4.74 Å². The fourth-order valence-electron chi connectivity index (χ4n) is 2.20. The molecule has 1 heterocycles. The van der Waals surface area contributed by atoms with Crippen molar-refractivity contribution in [2.75, 3.05) is 24.6 Å². The Kier molecular flexibility index (Phi) is 4.61. The van der Waals surface area contributed by atoms with Crippen LogP contribution in [-0.4, -0.2) is 31.8 Å². The zero-order chi connectivity index (χ0) is 13.0. The second kappa shape index (κ2) is 6.21. The molecular formula is C15H24N2O. The number of hydrogen-bond acceptors (Lipinski definition) is 3. The van der Waals surface area contributed by atoms with Crippen LogP contribution in [0.2, 0.25) is 0 Å². The van der Waals surface area contributed by atoms with Gasteiger partial charge in [-0.2, -0.15) is 0 Å². The highest BCUT2D eigenvalue weighted by atomic mass is 16.5. The summed E-state index contributed by atoms with van der Waals surface area (Å²) in [5.41, 5.74) is 2.65. The first kappa shape index (κ1) is 13.4.